The molecule has 1 aliphatic rings. The number of anilines is 1. The fraction of sp³-hybridized carbons (Fsp3) is 0.538. The molecule has 18 heavy (non-hydrogen) atoms. The van der Waals surface area contributed by atoms with Crippen molar-refractivity contribution < 1.29 is 14.6 Å². The minimum Gasteiger partial charge on any atom is -0.478 e. The molecule has 0 aliphatic heterocycles. The van der Waals surface area contributed by atoms with Crippen LogP contribution in [0.4, 0.5) is 5.69 Å². The van der Waals surface area contributed by atoms with Crippen molar-refractivity contribution in [2.75, 3.05) is 5.73 Å². The van der Waals surface area contributed by atoms with Crippen molar-refractivity contribution in [1.82, 2.24) is 4.98 Å². The normalized spacial score (nSPS) is 23.6. The van der Waals surface area contributed by atoms with E-state index in [9.17, 15) is 4.79 Å². The number of aromatic nitrogens is 1. The number of ether oxygens (including phenoxy) is 1. The summed E-state index contributed by atoms with van der Waals surface area (Å²) in [6.45, 7) is 2.24. The van der Waals surface area contributed by atoms with E-state index in [1.54, 1.807) is 0 Å². The van der Waals surface area contributed by atoms with Crippen LogP contribution in [0.3, 0.4) is 0 Å². The Morgan fingerprint density at radius 3 is 2.72 bits per heavy atom. The lowest BCUT2D eigenvalue weighted by molar-refractivity contribution is 0.0696. The van der Waals surface area contributed by atoms with Crippen molar-refractivity contribution in [2.45, 2.75) is 38.7 Å². The zero-order chi connectivity index (χ0) is 13.1. The Kier molecular flexibility index (Phi) is 3.69. The second-order valence-corrected chi connectivity index (χ2v) is 4.91. The molecular formula is C13H18N2O3. The lowest BCUT2D eigenvalue weighted by Crippen LogP contribution is -2.23. The van der Waals surface area contributed by atoms with Crippen molar-refractivity contribution in [3.05, 3.63) is 17.8 Å². The third-order valence-electron chi connectivity index (χ3n) is 3.39. The molecule has 0 bridgehead atoms. The smallest absolute Gasteiger partial charge is 0.338 e. The summed E-state index contributed by atoms with van der Waals surface area (Å²) in [5.74, 6) is 0.0389. The fourth-order valence-electron chi connectivity index (χ4n) is 2.21. The molecule has 0 amide bonds. The first-order chi connectivity index (χ1) is 8.56. The maximum atomic E-state index is 10.9. The topological polar surface area (TPSA) is 85.4 Å². The number of pyridine rings is 1. The summed E-state index contributed by atoms with van der Waals surface area (Å²) in [5, 5.41) is 8.97. The summed E-state index contributed by atoms with van der Waals surface area (Å²) < 4.78 is 5.72. The molecule has 3 N–H and O–H groups in total. The van der Waals surface area contributed by atoms with Gasteiger partial charge in [0, 0.05) is 6.07 Å². The Morgan fingerprint density at radius 2 is 2.11 bits per heavy atom. The van der Waals surface area contributed by atoms with Crippen molar-refractivity contribution in [3.63, 3.8) is 0 Å². The molecular weight excluding hydrogens is 232 g/mol. The number of hydrogen-bond acceptors (Lipinski definition) is 4. The van der Waals surface area contributed by atoms with Crippen LogP contribution in [-0.4, -0.2) is 22.2 Å². The molecule has 0 spiro atoms. The quantitative estimate of drug-likeness (QED) is 0.859. The highest BCUT2D eigenvalue weighted by molar-refractivity contribution is 5.93. The Bertz CT molecular complexity index is 440. The van der Waals surface area contributed by atoms with Gasteiger partial charge < -0.3 is 15.6 Å². The van der Waals surface area contributed by atoms with Crippen LogP contribution in [0.5, 0.6) is 5.88 Å². The molecule has 2 rings (SSSR count). The number of nitrogen functional groups attached to an aromatic ring is 1. The predicted octanol–water partition coefficient (Wildman–Crippen LogP) is 2.32. The van der Waals surface area contributed by atoms with Crippen LogP contribution >= 0.6 is 0 Å². The molecule has 0 atom stereocenters. The molecule has 5 heteroatoms. The summed E-state index contributed by atoms with van der Waals surface area (Å²) >= 11 is 0. The Morgan fingerprint density at radius 1 is 1.44 bits per heavy atom. The Balaban J connectivity index is 2.05. The minimum atomic E-state index is -1.06. The Hall–Kier alpha value is -1.78. The average molecular weight is 250 g/mol. The number of rotatable bonds is 3. The highest BCUT2D eigenvalue weighted by atomic mass is 16.5. The summed E-state index contributed by atoms with van der Waals surface area (Å²) in [7, 11) is 0. The highest BCUT2D eigenvalue weighted by Crippen LogP contribution is 2.27. The van der Waals surface area contributed by atoms with Crippen LogP contribution in [0.15, 0.2) is 12.3 Å². The van der Waals surface area contributed by atoms with Crippen molar-refractivity contribution >= 4 is 11.7 Å². The zero-order valence-corrected chi connectivity index (χ0v) is 10.4. The molecule has 1 fully saturated rings. The number of carboxylic acid groups (broad SMARTS) is 1. The van der Waals surface area contributed by atoms with Crippen LogP contribution in [0, 0.1) is 5.92 Å². The first-order valence-electron chi connectivity index (χ1n) is 6.21. The van der Waals surface area contributed by atoms with Gasteiger partial charge in [0.1, 0.15) is 6.10 Å². The van der Waals surface area contributed by atoms with Gasteiger partial charge in [-0.3, -0.25) is 0 Å². The summed E-state index contributed by atoms with van der Waals surface area (Å²) in [6, 6.07) is 1.40. The lowest BCUT2D eigenvalue weighted by atomic mass is 9.89. The Labute approximate surface area is 106 Å². The van der Waals surface area contributed by atoms with E-state index in [4.69, 9.17) is 15.6 Å². The largest absolute Gasteiger partial charge is 0.478 e. The number of hydrogen-bond donors (Lipinski definition) is 2. The first-order valence-corrected chi connectivity index (χ1v) is 6.21. The van der Waals surface area contributed by atoms with E-state index < -0.39 is 5.97 Å². The van der Waals surface area contributed by atoms with Gasteiger partial charge in [-0.25, -0.2) is 9.78 Å². The maximum absolute atomic E-state index is 10.9. The van der Waals surface area contributed by atoms with Crippen LogP contribution in [0.2, 0.25) is 0 Å². The minimum absolute atomic E-state index is 0.0455. The van der Waals surface area contributed by atoms with E-state index in [-0.39, 0.29) is 17.4 Å². The molecule has 5 nitrogen and oxygen atoms in total. The molecule has 1 aromatic heterocycles. The second kappa shape index (κ2) is 5.25. The summed E-state index contributed by atoms with van der Waals surface area (Å²) in [5.41, 5.74) is 5.75. The first kappa shape index (κ1) is 12.7. The third kappa shape index (κ3) is 2.91. The molecule has 98 valence electrons. The van der Waals surface area contributed by atoms with E-state index in [1.807, 2.05) is 0 Å². The van der Waals surface area contributed by atoms with Crippen LogP contribution in [-0.2, 0) is 0 Å². The highest BCUT2D eigenvalue weighted by Gasteiger charge is 2.20. The van der Waals surface area contributed by atoms with E-state index in [0.29, 0.717) is 5.88 Å². The van der Waals surface area contributed by atoms with Gasteiger partial charge in [-0.15, -0.1) is 0 Å². The van der Waals surface area contributed by atoms with E-state index in [1.165, 1.54) is 12.3 Å². The van der Waals surface area contributed by atoms with Gasteiger partial charge in [0.25, 0.3) is 0 Å². The monoisotopic (exact) mass is 250 g/mol. The van der Waals surface area contributed by atoms with Crippen LogP contribution in [0.1, 0.15) is 43.0 Å². The maximum Gasteiger partial charge on any atom is 0.338 e. The van der Waals surface area contributed by atoms with Crippen molar-refractivity contribution in [1.29, 1.82) is 0 Å². The SMILES string of the molecule is CC1CCC(Oc2cc(C(=O)O)c(N)cn2)CC1. The lowest BCUT2D eigenvalue weighted by Gasteiger charge is -2.26. The average Bonchev–Trinajstić information content (AvgIpc) is 2.34. The number of aromatic carboxylic acids is 1. The van der Waals surface area contributed by atoms with E-state index in [0.717, 1.165) is 31.6 Å². The van der Waals surface area contributed by atoms with Gasteiger partial charge in [0.05, 0.1) is 17.4 Å². The van der Waals surface area contributed by atoms with Crippen LogP contribution in [0.25, 0.3) is 0 Å². The van der Waals surface area contributed by atoms with Gasteiger partial charge in [0.15, 0.2) is 0 Å². The molecule has 0 aromatic carbocycles. The van der Waals surface area contributed by atoms with Gasteiger partial charge in [-0.1, -0.05) is 6.92 Å². The molecule has 1 heterocycles. The molecule has 1 saturated carbocycles. The fourth-order valence-corrected chi connectivity index (χ4v) is 2.21. The molecule has 1 aliphatic carbocycles. The van der Waals surface area contributed by atoms with Crippen molar-refractivity contribution in [2.24, 2.45) is 5.92 Å². The molecule has 1 aromatic rings. The van der Waals surface area contributed by atoms with Gasteiger partial charge in [-0.05, 0) is 31.6 Å². The van der Waals surface area contributed by atoms with Gasteiger partial charge >= 0.3 is 5.97 Å². The molecule has 0 saturated heterocycles. The van der Waals surface area contributed by atoms with Crippen molar-refractivity contribution in [3.8, 4) is 5.88 Å². The van der Waals surface area contributed by atoms with Gasteiger partial charge in [0.2, 0.25) is 5.88 Å². The number of nitrogens with zero attached hydrogens (tertiary/aromatic N) is 1. The van der Waals surface area contributed by atoms with Gasteiger partial charge in [-0.2, -0.15) is 0 Å². The third-order valence-corrected chi connectivity index (χ3v) is 3.39. The standard InChI is InChI=1S/C13H18N2O3/c1-8-2-4-9(5-3-8)18-12-6-10(13(16)17)11(14)7-15-12/h6-9H,2-5,14H2,1H3,(H,16,17). The molecule has 0 radical (unpaired) electrons. The van der Waals surface area contributed by atoms with E-state index in [2.05, 4.69) is 11.9 Å². The summed E-state index contributed by atoms with van der Waals surface area (Å²) in [4.78, 5) is 15.0. The second-order valence-electron chi connectivity index (χ2n) is 4.91. The number of nitrogens with two attached hydrogens (primary N) is 1. The zero-order valence-electron chi connectivity index (χ0n) is 10.4. The van der Waals surface area contributed by atoms with E-state index >= 15 is 0 Å². The predicted molar refractivity (Wildman–Crippen MR) is 67.7 cm³/mol. The number of carboxylic acids is 1. The molecule has 0 unspecified atom stereocenters. The number of carbonyl (C=O) groups is 1. The summed E-state index contributed by atoms with van der Waals surface area (Å²) in [6.07, 6.45) is 5.76. The van der Waals surface area contributed by atoms with Crippen LogP contribution < -0.4 is 10.5 Å².